The minimum atomic E-state index is -1.52. The van der Waals surface area contributed by atoms with Crippen molar-refractivity contribution in [1.29, 1.82) is 0 Å². The molecule has 0 aromatic heterocycles. The zero-order valence-corrected chi connectivity index (χ0v) is 19.8. The third kappa shape index (κ3) is 6.88. The van der Waals surface area contributed by atoms with Crippen molar-refractivity contribution >= 4 is 17.7 Å². The molecular formula is C26H29FN4O4. The van der Waals surface area contributed by atoms with E-state index >= 15 is 0 Å². The van der Waals surface area contributed by atoms with Gasteiger partial charge in [-0.1, -0.05) is 24.0 Å². The van der Waals surface area contributed by atoms with Gasteiger partial charge in [-0.2, -0.15) is 0 Å². The van der Waals surface area contributed by atoms with Crippen LogP contribution in [0, 0.1) is 11.8 Å². The number of likely N-dealkylation sites (tertiary alicyclic amines) is 1. The smallest absolute Gasteiger partial charge is 0.275 e. The molecule has 1 saturated heterocycles. The predicted molar refractivity (Wildman–Crippen MR) is 128 cm³/mol. The molecule has 1 aliphatic heterocycles. The zero-order chi connectivity index (χ0) is 25.4. The Kier molecular flexibility index (Phi) is 8.95. The van der Waals surface area contributed by atoms with Gasteiger partial charge in [0.05, 0.1) is 0 Å². The topological polar surface area (TPSA) is 102 Å². The largest absolute Gasteiger partial charge is 0.357 e. The summed E-state index contributed by atoms with van der Waals surface area (Å²) in [5.41, 5.74) is 4.37. The maximum atomic E-state index is 13.3. The van der Waals surface area contributed by atoms with E-state index in [1.54, 1.807) is 24.3 Å². The van der Waals surface area contributed by atoms with Crippen molar-refractivity contribution in [3.05, 3.63) is 70.8 Å². The van der Waals surface area contributed by atoms with Crippen molar-refractivity contribution in [1.82, 2.24) is 20.6 Å². The second-order valence-corrected chi connectivity index (χ2v) is 8.38. The zero-order valence-electron chi connectivity index (χ0n) is 19.8. The molecule has 2 aromatic carbocycles. The van der Waals surface area contributed by atoms with Crippen LogP contribution in [0.2, 0.25) is 0 Å². The van der Waals surface area contributed by atoms with Gasteiger partial charge in [0, 0.05) is 50.4 Å². The summed E-state index contributed by atoms with van der Waals surface area (Å²) < 4.78 is 13.3. The average Bonchev–Trinajstić information content (AvgIpc) is 2.89. The van der Waals surface area contributed by atoms with Gasteiger partial charge < -0.3 is 10.2 Å². The van der Waals surface area contributed by atoms with E-state index < -0.39 is 29.9 Å². The van der Waals surface area contributed by atoms with Crippen molar-refractivity contribution < 1.29 is 24.0 Å². The molecule has 0 bridgehead atoms. The summed E-state index contributed by atoms with van der Waals surface area (Å²) in [6.07, 6.45) is 0.512. The van der Waals surface area contributed by atoms with Gasteiger partial charge in [0.25, 0.3) is 17.7 Å². The van der Waals surface area contributed by atoms with E-state index in [9.17, 15) is 18.8 Å². The Morgan fingerprint density at radius 1 is 1.03 bits per heavy atom. The molecule has 0 saturated carbocycles. The second-order valence-electron chi connectivity index (χ2n) is 8.38. The number of hydrogen-bond acceptors (Lipinski definition) is 5. The van der Waals surface area contributed by atoms with Gasteiger partial charge in [0.2, 0.25) is 0 Å². The van der Waals surface area contributed by atoms with Crippen LogP contribution in [0.3, 0.4) is 0 Å². The van der Waals surface area contributed by atoms with Crippen LogP contribution < -0.4 is 10.8 Å². The number of piperidine rings is 1. The Labute approximate surface area is 204 Å². The Bertz CT molecular complexity index is 1080. The van der Waals surface area contributed by atoms with Crippen LogP contribution >= 0.6 is 0 Å². The van der Waals surface area contributed by atoms with Crippen LogP contribution in [0.1, 0.15) is 39.9 Å². The lowest BCUT2D eigenvalue weighted by Crippen LogP contribution is -2.54. The summed E-state index contributed by atoms with van der Waals surface area (Å²) in [7, 11) is 2.63. The molecule has 1 fully saturated rings. The highest BCUT2D eigenvalue weighted by Crippen LogP contribution is 2.16. The van der Waals surface area contributed by atoms with E-state index in [1.807, 2.05) is 24.3 Å². The Hall–Kier alpha value is -3.74. The minimum Gasteiger partial charge on any atom is -0.357 e. The fourth-order valence-electron chi connectivity index (χ4n) is 3.84. The lowest BCUT2D eigenvalue weighted by Gasteiger charge is -2.28. The van der Waals surface area contributed by atoms with Crippen molar-refractivity contribution in [2.24, 2.45) is 0 Å². The van der Waals surface area contributed by atoms with Gasteiger partial charge >= 0.3 is 0 Å². The maximum absolute atomic E-state index is 13.3. The summed E-state index contributed by atoms with van der Waals surface area (Å²) in [6, 6.07) is 12.9. The van der Waals surface area contributed by atoms with Gasteiger partial charge in [-0.15, -0.1) is 0 Å². The highest BCUT2D eigenvalue weighted by atomic mass is 19.1. The highest BCUT2D eigenvalue weighted by molar-refractivity contribution is 6.08. The van der Waals surface area contributed by atoms with Crippen molar-refractivity contribution in [2.75, 3.05) is 27.2 Å². The summed E-state index contributed by atoms with van der Waals surface area (Å²) in [5, 5.41) is 11.2. The lowest BCUT2D eigenvalue weighted by molar-refractivity contribution is -0.140. The maximum Gasteiger partial charge on any atom is 0.275 e. The Morgan fingerprint density at radius 3 is 2.09 bits per heavy atom. The van der Waals surface area contributed by atoms with Crippen molar-refractivity contribution in [2.45, 2.75) is 31.6 Å². The number of nitrogens with one attached hydrogen (secondary N) is 2. The normalized spacial score (nSPS) is 14.9. The molecule has 1 atom stereocenters. The van der Waals surface area contributed by atoms with Gasteiger partial charge in [0.1, 0.15) is 6.17 Å². The van der Waals surface area contributed by atoms with Crippen LogP contribution in [0.5, 0.6) is 0 Å². The first-order valence-corrected chi connectivity index (χ1v) is 11.3. The number of carbonyl (C=O) groups is 3. The predicted octanol–water partition coefficient (Wildman–Crippen LogP) is 1.71. The highest BCUT2D eigenvalue weighted by Gasteiger charge is 2.33. The summed E-state index contributed by atoms with van der Waals surface area (Å²) >= 11 is 0. The van der Waals surface area contributed by atoms with Crippen LogP contribution in [0.15, 0.2) is 48.5 Å². The van der Waals surface area contributed by atoms with Crippen LogP contribution in [0.4, 0.5) is 4.39 Å². The average molecular weight is 481 g/mol. The minimum absolute atomic E-state index is 0.263. The SMILES string of the molecule is CNC(=O)C(C(=O)NO)N(C)C(=O)c1ccc(C#Cc2ccc(CN3CCC(F)CC3)cc2)cc1. The molecule has 1 aliphatic rings. The molecular weight excluding hydrogens is 451 g/mol. The molecule has 8 nitrogen and oxygen atoms in total. The molecule has 3 amide bonds. The van der Waals surface area contributed by atoms with Crippen molar-refractivity contribution in [3.63, 3.8) is 0 Å². The standard InChI is InChI=1S/C26H29FN4O4/c1-28-24(32)23(25(33)29-35)30(2)26(34)21-11-9-19(10-12-21)4-3-18-5-7-20(8-6-18)17-31-15-13-22(27)14-16-31/h5-12,22-23,35H,13-17H2,1-2H3,(H,28,32)(H,29,33). The van der Waals surface area contributed by atoms with Crippen LogP contribution in [0.25, 0.3) is 0 Å². The summed E-state index contributed by atoms with van der Waals surface area (Å²) in [4.78, 5) is 39.8. The second kappa shape index (κ2) is 12.1. The molecule has 9 heteroatoms. The molecule has 0 aliphatic carbocycles. The molecule has 1 heterocycles. The fourth-order valence-corrected chi connectivity index (χ4v) is 3.84. The van der Waals surface area contributed by atoms with E-state index in [-0.39, 0.29) is 5.56 Å². The number of amides is 3. The molecule has 2 aromatic rings. The number of nitrogens with zero attached hydrogens (tertiary/aromatic N) is 2. The third-order valence-corrected chi connectivity index (χ3v) is 5.92. The summed E-state index contributed by atoms with van der Waals surface area (Å²) in [5.74, 6) is 3.83. The molecule has 184 valence electrons. The lowest BCUT2D eigenvalue weighted by atomic mass is 10.1. The van der Waals surface area contributed by atoms with Gasteiger partial charge in [0.15, 0.2) is 6.04 Å². The van der Waals surface area contributed by atoms with E-state index in [1.165, 1.54) is 19.6 Å². The Morgan fingerprint density at radius 2 is 1.57 bits per heavy atom. The van der Waals surface area contributed by atoms with E-state index in [4.69, 9.17) is 5.21 Å². The molecule has 35 heavy (non-hydrogen) atoms. The van der Waals surface area contributed by atoms with Crippen molar-refractivity contribution in [3.8, 4) is 11.8 Å². The molecule has 0 spiro atoms. The summed E-state index contributed by atoms with van der Waals surface area (Å²) in [6.45, 7) is 2.35. The van der Waals surface area contributed by atoms with E-state index in [2.05, 4.69) is 22.1 Å². The molecule has 3 N–H and O–H groups in total. The molecule has 0 radical (unpaired) electrons. The van der Waals surface area contributed by atoms with E-state index in [0.717, 1.165) is 35.7 Å². The van der Waals surface area contributed by atoms with Gasteiger partial charge in [-0.25, -0.2) is 9.87 Å². The monoisotopic (exact) mass is 480 g/mol. The number of carbonyl (C=O) groups excluding carboxylic acids is 3. The van der Waals surface area contributed by atoms with E-state index in [0.29, 0.717) is 18.4 Å². The number of alkyl halides is 1. The number of rotatable bonds is 6. The third-order valence-electron chi connectivity index (χ3n) is 5.92. The molecule has 3 rings (SSSR count). The number of likely N-dealkylation sites (N-methyl/N-ethyl adjacent to an activating group) is 2. The van der Waals surface area contributed by atoms with Gasteiger partial charge in [-0.3, -0.25) is 24.5 Å². The first-order chi connectivity index (χ1) is 16.8. The first-order valence-electron chi connectivity index (χ1n) is 11.3. The number of hydrogen-bond donors (Lipinski definition) is 3. The Balaban J connectivity index is 1.62. The fraction of sp³-hybridized carbons (Fsp3) is 0.346. The quantitative estimate of drug-likeness (QED) is 0.253. The van der Waals surface area contributed by atoms with Crippen LogP contribution in [-0.4, -0.2) is 72.1 Å². The van der Waals surface area contributed by atoms with Crippen LogP contribution in [-0.2, 0) is 16.1 Å². The number of benzene rings is 2. The van der Waals surface area contributed by atoms with Gasteiger partial charge in [-0.05, 0) is 54.8 Å². The molecule has 1 unspecified atom stereocenters. The number of hydroxylamine groups is 1. The first kappa shape index (κ1) is 25.9. The number of halogens is 1.